The Morgan fingerprint density at radius 3 is 2.18 bits per heavy atom. The number of nitrogens with one attached hydrogen (secondary N) is 1. The van der Waals surface area contributed by atoms with Gasteiger partial charge in [0.15, 0.2) is 5.54 Å². The van der Waals surface area contributed by atoms with Gasteiger partial charge in [0, 0.05) is 29.2 Å². The lowest BCUT2D eigenvalue weighted by molar-refractivity contribution is -0.137. The first-order valence-corrected chi connectivity index (χ1v) is 15.1. The molecule has 3 amide bonds. The number of benzene rings is 3. The third-order valence-corrected chi connectivity index (χ3v) is 8.92. The van der Waals surface area contributed by atoms with Crippen molar-refractivity contribution in [3.63, 3.8) is 0 Å². The van der Waals surface area contributed by atoms with Gasteiger partial charge in [-0.1, -0.05) is 78.9 Å². The average Bonchev–Trinajstić information content (AvgIpc) is 3.58. The Hall–Kier alpha value is -5.22. The van der Waals surface area contributed by atoms with E-state index in [2.05, 4.69) is 34.1 Å². The summed E-state index contributed by atoms with van der Waals surface area (Å²) in [5.74, 6) is -3.33. The van der Waals surface area contributed by atoms with Crippen LogP contribution in [0, 0.1) is 0 Å². The molecule has 10 nitrogen and oxygen atoms in total. The van der Waals surface area contributed by atoms with Crippen LogP contribution < -0.4 is 0 Å². The van der Waals surface area contributed by atoms with Gasteiger partial charge in [-0.3, -0.25) is 14.6 Å². The molecule has 2 aliphatic rings. The van der Waals surface area contributed by atoms with Gasteiger partial charge in [0.1, 0.15) is 5.70 Å². The first-order chi connectivity index (χ1) is 21.8. The number of rotatable bonds is 10. The molecular weight excluding hydrogens is 572 g/mol. The van der Waals surface area contributed by atoms with Crippen LogP contribution in [-0.4, -0.2) is 80.0 Å². The number of imide groups is 1. The van der Waals surface area contributed by atoms with Crippen molar-refractivity contribution in [2.24, 2.45) is 0 Å². The molecule has 45 heavy (non-hydrogen) atoms. The van der Waals surface area contributed by atoms with Crippen molar-refractivity contribution in [2.45, 2.75) is 30.7 Å². The largest absolute Gasteiger partial charge is 0.478 e. The molecule has 2 fully saturated rings. The number of aromatic nitrogens is 1. The Balaban J connectivity index is 1.35. The van der Waals surface area contributed by atoms with Gasteiger partial charge >= 0.3 is 18.0 Å². The zero-order valence-corrected chi connectivity index (χ0v) is 24.6. The van der Waals surface area contributed by atoms with Crippen molar-refractivity contribution in [3.05, 3.63) is 120 Å². The maximum atomic E-state index is 14.8. The first kappa shape index (κ1) is 29.8. The molecular formula is C35H34N4O6. The predicted octanol–water partition coefficient (Wildman–Crippen LogP) is 5.00. The van der Waals surface area contributed by atoms with Gasteiger partial charge in [0.05, 0.1) is 6.08 Å². The van der Waals surface area contributed by atoms with Crippen molar-refractivity contribution >= 4 is 34.8 Å². The highest BCUT2D eigenvalue weighted by Crippen LogP contribution is 2.47. The van der Waals surface area contributed by atoms with E-state index in [1.54, 1.807) is 48.7 Å². The quantitative estimate of drug-likeness (QED) is 0.171. The van der Waals surface area contributed by atoms with Gasteiger partial charge in [-0.05, 0) is 62.0 Å². The fourth-order valence-corrected chi connectivity index (χ4v) is 6.82. The fraction of sp³-hybridized carbons (Fsp3) is 0.257. The molecule has 230 valence electrons. The molecule has 3 aromatic carbocycles. The summed E-state index contributed by atoms with van der Waals surface area (Å²) >= 11 is 0. The average molecular weight is 607 g/mol. The SMILES string of the molecule is O=C(O)/C=C(/C(=O)O)N1C(=O)N(CCCN2CCC(c3ccccc3)CC2)C(=O)C1(c1ccccc1)c1c[nH]c2ccccc12. The first-order valence-electron chi connectivity index (χ1n) is 15.1. The molecule has 1 unspecified atom stereocenters. The van der Waals surface area contributed by atoms with E-state index in [9.17, 15) is 29.4 Å². The van der Waals surface area contributed by atoms with Crippen molar-refractivity contribution in [2.75, 3.05) is 26.2 Å². The van der Waals surface area contributed by atoms with E-state index >= 15 is 0 Å². The fourth-order valence-electron chi connectivity index (χ4n) is 6.82. The molecule has 1 atom stereocenters. The molecule has 10 heteroatoms. The molecule has 0 aliphatic carbocycles. The molecule has 1 aromatic heterocycles. The minimum Gasteiger partial charge on any atom is -0.478 e. The molecule has 3 N–H and O–H groups in total. The number of hydrogen-bond donors (Lipinski definition) is 3. The van der Waals surface area contributed by atoms with E-state index in [-0.39, 0.29) is 6.54 Å². The minimum atomic E-state index is -1.97. The maximum Gasteiger partial charge on any atom is 0.352 e. The summed E-state index contributed by atoms with van der Waals surface area (Å²) in [7, 11) is 0. The summed E-state index contributed by atoms with van der Waals surface area (Å²) in [4.78, 5) is 60.9. The number of carbonyl (C=O) groups is 4. The van der Waals surface area contributed by atoms with Crippen LogP contribution in [0.3, 0.4) is 0 Å². The Morgan fingerprint density at radius 2 is 1.51 bits per heavy atom. The predicted molar refractivity (Wildman–Crippen MR) is 167 cm³/mol. The minimum absolute atomic E-state index is 0.0453. The lowest BCUT2D eigenvalue weighted by Crippen LogP contribution is -2.49. The Kier molecular flexibility index (Phi) is 8.23. The smallest absolute Gasteiger partial charge is 0.352 e. The van der Waals surface area contributed by atoms with Gasteiger partial charge in [-0.2, -0.15) is 0 Å². The van der Waals surface area contributed by atoms with Crippen LogP contribution in [0.2, 0.25) is 0 Å². The molecule has 2 saturated heterocycles. The molecule has 4 aromatic rings. The van der Waals surface area contributed by atoms with E-state index in [1.165, 1.54) is 5.56 Å². The number of hydrogen-bond acceptors (Lipinski definition) is 5. The number of urea groups is 1. The number of nitrogens with zero attached hydrogens (tertiary/aromatic N) is 3. The van der Waals surface area contributed by atoms with Crippen molar-refractivity contribution in [1.82, 2.24) is 19.7 Å². The van der Waals surface area contributed by atoms with Crippen LogP contribution in [0.15, 0.2) is 103 Å². The van der Waals surface area contributed by atoms with Gasteiger partial charge < -0.3 is 20.1 Å². The second-order valence-electron chi connectivity index (χ2n) is 11.5. The van der Waals surface area contributed by atoms with Gasteiger partial charge in [0.2, 0.25) is 0 Å². The van der Waals surface area contributed by atoms with E-state index in [0.717, 1.165) is 35.7 Å². The normalized spacial score (nSPS) is 19.9. The zero-order valence-electron chi connectivity index (χ0n) is 24.6. The van der Waals surface area contributed by atoms with Crippen LogP contribution >= 0.6 is 0 Å². The van der Waals surface area contributed by atoms with Crippen molar-refractivity contribution in [1.29, 1.82) is 0 Å². The number of fused-ring (bicyclic) bond motifs is 1. The monoisotopic (exact) mass is 606 g/mol. The standard InChI is InChI=1S/C35H34N4O6/c40-31(41)22-30(32(42)43)39-34(45)38(19-9-18-37-20-16-25(17-21-37)24-10-3-1-4-11-24)33(44)35(39,26-12-5-2-6-13-26)28-23-36-29-15-8-7-14-27(28)29/h1-8,10-15,22-23,25,36H,9,16-21H2,(H,40,41)(H,42,43)/b30-22-. The van der Waals surface area contributed by atoms with Gasteiger partial charge in [-0.25, -0.2) is 14.4 Å². The summed E-state index contributed by atoms with van der Waals surface area (Å²) in [5, 5.41) is 20.5. The highest BCUT2D eigenvalue weighted by atomic mass is 16.4. The number of H-pyrrole nitrogens is 1. The number of likely N-dealkylation sites (tertiary alicyclic amines) is 1. The third kappa shape index (κ3) is 5.38. The number of carbonyl (C=O) groups excluding carboxylic acids is 2. The van der Waals surface area contributed by atoms with E-state index in [4.69, 9.17) is 0 Å². The second-order valence-corrected chi connectivity index (χ2v) is 11.5. The van der Waals surface area contributed by atoms with E-state index in [1.807, 2.05) is 18.2 Å². The number of piperidine rings is 1. The van der Waals surface area contributed by atoms with Crippen LogP contribution in [0.5, 0.6) is 0 Å². The van der Waals surface area contributed by atoms with Crippen LogP contribution in [0.4, 0.5) is 4.79 Å². The van der Waals surface area contributed by atoms with E-state index < -0.39 is 35.1 Å². The van der Waals surface area contributed by atoms with Crippen molar-refractivity contribution < 1.29 is 29.4 Å². The summed E-state index contributed by atoms with van der Waals surface area (Å²) < 4.78 is 0. The molecule has 3 heterocycles. The molecule has 0 saturated carbocycles. The summed E-state index contributed by atoms with van der Waals surface area (Å²) in [6, 6.07) is 25.2. The van der Waals surface area contributed by atoms with Crippen molar-refractivity contribution in [3.8, 4) is 0 Å². The molecule has 0 bridgehead atoms. The Bertz CT molecular complexity index is 1760. The highest BCUT2D eigenvalue weighted by molar-refractivity contribution is 6.14. The van der Waals surface area contributed by atoms with Gasteiger partial charge in [0.25, 0.3) is 5.91 Å². The second kappa shape index (κ2) is 12.4. The topological polar surface area (TPSA) is 134 Å². The van der Waals surface area contributed by atoms with Crippen LogP contribution in [0.25, 0.3) is 10.9 Å². The number of aliphatic carboxylic acids is 2. The highest BCUT2D eigenvalue weighted by Gasteiger charge is 2.62. The molecule has 6 rings (SSSR count). The maximum absolute atomic E-state index is 14.8. The van der Waals surface area contributed by atoms with E-state index in [0.29, 0.717) is 47.0 Å². The number of carboxylic acid groups (broad SMARTS) is 2. The number of aromatic amines is 1. The summed E-state index contributed by atoms with van der Waals surface area (Å²) in [5.41, 5.74) is -0.0588. The summed E-state index contributed by atoms with van der Waals surface area (Å²) in [6.07, 6.45) is 4.57. The lowest BCUT2D eigenvalue weighted by Gasteiger charge is -2.35. The number of para-hydroxylation sites is 1. The van der Waals surface area contributed by atoms with Crippen LogP contribution in [0.1, 0.15) is 41.9 Å². The molecule has 0 radical (unpaired) electrons. The Labute approximate surface area is 260 Å². The molecule has 0 spiro atoms. The third-order valence-electron chi connectivity index (χ3n) is 8.92. The zero-order chi connectivity index (χ0) is 31.6. The van der Waals surface area contributed by atoms with Gasteiger partial charge in [-0.15, -0.1) is 0 Å². The molecule has 2 aliphatic heterocycles. The van der Waals surface area contributed by atoms with Crippen LogP contribution in [-0.2, 0) is 19.9 Å². The Morgan fingerprint density at radius 1 is 0.867 bits per heavy atom. The number of amides is 3. The lowest BCUT2D eigenvalue weighted by atomic mass is 9.80. The number of carboxylic acids is 2. The summed E-state index contributed by atoms with van der Waals surface area (Å²) in [6.45, 7) is 2.48.